The van der Waals surface area contributed by atoms with Gasteiger partial charge in [-0.05, 0) is 55.8 Å². The molecule has 0 unspecified atom stereocenters. The third kappa shape index (κ3) is 3.01. The van der Waals surface area contributed by atoms with Gasteiger partial charge >= 0.3 is 0 Å². The number of anilines is 1. The van der Waals surface area contributed by atoms with Gasteiger partial charge in [0.1, 0.15) is 0 Å². The zero-order valence-electron chi connectivity index (χ0n) is 13.3. The van der Waals surface area contributed by atoms with Gasteiger partial charge < -0.3 is 4.90 Å². The number of amides is 1. The van der Waals surface area contributed by atoms with E-state index < -0.39 is 0 Å². The first-order chi connectivity index (χ1) is 11.2. The number of hydrogen-bond donors (Lipinski definition) is 0. The Balaban J connectivity index is 1.88. The van der Waals surface area contributed by atoms with Crippen molar-refractivity contribution in [2.45, 2.75) is 13.8 Å². The zero-order valence-corrected chi connectivity index (χ0v) is 13.3. The van der Waals surface area contributed by atoms with E-state index >= 15 is 0 Å². The van der Waals surface area contributed by atoms with Crippen molar-refractivity contribution in [2.75, 3.05) is 11.4 Å². The zero-order chi connectivity index (χ0) is 16.2. The smallest absolute Gasteiger partial charge is 0.258 e. The quantitative estimate of drug-likeness (QED) is 0.734. The van der Waals surface area contributed by atoms with Crippen LogP contribution in [0.5, 0.6) is 0 Å². The van der Waals surface area contributed by atoms with Crippen LogP contribution >= 0.6 is 0 Å². The van der Waals surface area contributed by atoms with E-state index in [4.69, 9.17) is 0 Å². The first-order valence-electron chi connectivity index (χ1n) is 7.68. The summed E-state index contributed by atoms with van der Waals surface area (Å²) in [6, 6.07) is 17.3. The average molecular weight is 305 g/mol. The Morgan fingerprint density at radius 2 is 1.83 bits per heavy atom. The minimum atomic E-state index is 0.00816. The van der Waals surface area contributed by atoms with E-state index in [0.717, 1.165) is 16.9 Å². The van der Waals surface area contributed by atoms with Gasteiger partial charge in [0, 0.05) is 30.2 Å². The lowest BCUT2D eigenvalue weighted by Crippen LogP contribution is -2.31. The minimum absolute atomic E-state index is 0.00816. The summed E-state index contributed by atoms with van der Waals surface area (Å²) in [6.07, 6.45) is 3.61. The molecule has 1 heterocycles. The molecule has 4 nitrogen and oxygen atoms in total. The van der Waals surface area contributed by atoms with Crippen molar-refractivity contribution in [3.8, 4) is 5.69 Å². The van der Waals surface area contributed by atoms with Gasteiger partial charge in [-0.25, -0.2) is 4.68 Å². The molecule has 3 aromatic rings. The van der Waals surface area contributed by atoms with Gasteiger partial charge in [-0.2, -0.15) is 5.10 Å². The summed E-state index contributed by atoms with van der Waals surface area (Å²) in [5, 5.41) is 4.19. The first kappa shape index (κ1) is 15.0. The number of hydrogen-bond acceptors (Lipinski definition) is 2. The highest BCUT2D eigenvalue weighted by atomic mass is 16.2. The van der Waals surface area contributed by atoms with Crippen LogP contribution in [0, 0.1) is 6.92 Å². The van der Waals surface area contributed by atoms with Crippen LogP contribution in [0.25, 0.3) is 5.69 Å². The van der Waals surface area contributed by atoms with Crippen molar-refractivity contribution in [3.63, 3.8) is 0 Å². The summed E-state index contributed by atoms with van der Waals surface area (Å²) in [6.45, 7) is 4.64. The lowest BCUT2D eigenvalue weighted by atomic mass is 10.1. The number of carbonyl (C=O) groups excluding carboxylic acids is 1. The molecule has 3 rings (SSSR count). The number of rotatable bonds is 4. The summed E-state index contributed by atoms with van der Waals surface area (Å²) in [5.74, 6) is 0.00816. The van der Waals surface area contributed by atoms with Crippen molar-refractivity contribution in [3.05, 3.63) is 78.1 Å². The molecule has 0 bridgehead atoms. The molecule has 1 amide bonds. The Morgan fingerprint density at radius 3 is 2.43 bits per heavy atom. The Hall–Kier alpha value is -2.88. The van der Waals surface area contributed by atoms with Crippen molar-refractivity contribution >= 4 is 11.6 Å². The first-order valence-corrected chi connectivity index (χ1v) is 7.68. The Kier molecular flexibility index (Phi) is 4.24. The molecule has 0 aliphatic rings. The molecule has 23 heavy (non-hydrogen) atoms. The predicted octanol–water partition coefficient (Wildman–Crippen LogP) is 3.85. The van der Waals surface area contributed by atoms with Gasteiger partial charge in [-0.1, -0.05) is 18.2 Å². The molecule has 0 aliphatic heterocycles. The Bertz CT molecular complexity index is 792. The maximum absolute atomic E-state index is 12.8. The largest absolute Gasteiger partial charge is 0.308 e. The van der Waals surface area contributed by atoms with E-state index in [-0.39, 0.29) is 5.91 Å². The number of carbonyl (C=O) groups is 1. The van der Waals surface area contributed by atoms with Crippen LogP contribution in [0.4, 0.5) is 5.69 Å². The SMILES string of the molecule is CCN(C(=O)c1ccc(-n2cccn2)cc1)c1ccccc1C. The monoisotopic (exact) mass is 305 g/mol. The van der Waals surface area contributed by atoms with E-state index in [1.807, 2.05) is 74.6 Å². The fourth-order valence-corrected chi connectivity index (χ4v) is 2.62. The highest BCUT2D eigenvalue weighted by Crippen LogP contribution is 2.21. The Labute approximate surface area is 136 Å². The predicted molar refractivity (Wildman–Crippen MR) is 92.1 cm³/mol. The van der Waals surface area contributed by atoms with Gasteiger partial charge in [0.05, 0.1) is 5.69 Å². The summed E-state index contributed by atoms with van der Waals surface area (Å²) in [5.41, 5.74) is 3.66. The fraction of sp³-hybridized carbons (Fsp3) is 0.158. The van der Waals surface area contributed by atoms with Crippen molar-refractivity contribution in [1.29, 1.82) is 0 Å². The highest BCUT2D eigenvalue weighted by Gasteiger charge is 2.17. The second-order valence-electron chi connectivity index (χ2n) is 5.33. The minimum Gasteiger partial charge on any atom is -0.308 e. The molecular weight excluding hydrogens is 286 g/mol. The number of para-hydroxylation sites is 1. The van der Waals surface area contributed by atoms with Gasteiger partial charge in [0.2, 0.25) is 0 Å². The normalized spacial score (nSPS) is 10.5. The third-order valence-corrected chi connectivity index (χ3v) is 3.85. The van der Waals surface area contributed by atoms with E-state index in [0.29, 0.717) is 12.1 Å². The molecule has 116 valence electrons. The summed E-state index contributed by atoms with van der Waals surface area (Å²) < 4.78 is 1.77. The second-order valence-corrected chi connectivity index (χ2v) is 5.33. The maximum Gasteiger partial charge on any atom is 0.258 e. The lowest BCUT2D eigenvalue weighted by molar-refractivity contribution is 0.0988. The van der Waals surface area contributed by atoms with Gasteiger partial charge in [0.25, 0.3) is 5.91 Å². The highest BCUT2D eigenvalue weighted by molar-refractivity contribution is 6.06. The fourth-order valence-electron chi connectivity index (χ4n) is 2.62. The van der Waals surface area contributed by atoms with Gasteiger partial charge in [-0.3, -0.25) is 4.79 Å². The molecule has 1 aromatic heterocycles. The van der Waals surface area contributed by atoms with Crippen LogP contribution in [0.15, 0.2) is 67.0 Å². The standard InChI is InChI=1S/C19H19N3O/c1-3-21(18-8-5-4-7-15(18)2)19(23)16-9-11-17(12-10-16)22-14-6-13-20-22/h4-14H,3H2,1-2H3. The third-order valence-electron chi connectivity index (χ3n) is 3.85. The topological polar surface area (TPSA) is 38.1 Å². The molecule has 0 fully saturated rings. The summed E-state index contributed by atoms with van der Waals surface area (Å²) >= 11 is 0. The second kappa shape index (κ2) is 6.48. The summed E-state index contributed by atoms with van der Waals surface area (Å²) in [7, 11) is 0. The van der Waals surface area contributed by atoms with E-state index in [2.05, 4.69) is 5.10 Å². The van der Waals surface area contributed by atoms with Crippen molar-refractivity contribution in [2.24, 2.45) is 0 Å². The number of aromatic nitrogens is 2. The molecule has 0 saturated carbocycles. The summed E-state index contributed by atoms with van der Waals surface area (Å²) in [4.78, 5) is 14.6. The molecular formula is C19H19N3O. The molecule has 2 aromatic carbocycles. The lowest BCUT2D eigenvalue weighted by Gasteiger charge is -2.23. The van der Waals surface area contributed by atoms with Gasteiger partial charge in [-0.15, -0.1) is 0 Å². The molecule has 0 aliphatic carbocycles. The number of aryl methyl sites for hydroxylation is 1. The Morgan fingerprint density at radius 1 is 1.09 bits per heavy atom. The van der Waals surface area contributed by atoms with E-state index in [1.54, 1.807) is 15.8 Å². The van der Waals surface area contributed by atoms with E-state index in [1.165, 1.54) is 0 Å². The van der Waals surface area contributed by atoms with Crippen LogP contribution in [-0.2, 0) is 0 Å². The maximum atomic E-state index is 12.8. The number of nitrogens with zero attached hydrogens (tertiary/aromatic N) is 3. The van der Waals surface area contributed by atoms with Crippen LogP contribution in [-0.4, -0.2) is 22.2 Å². The van der Waals surface area contributed by atoms with Crippen molar-refractivity contribution in [1.82, 2.24) is 9.78 Å². The van der Waals surface area contributed by atoms with Crippen LogP contribution in [0.3, 0.4) is 0 Å². The van der Waals surface area contributed by atoms with Crippen molar-refractivity contribution < 1.29 is 4.79 Å². The van der Waals surface area contributed by atoms with Gasteiger partial charge in [0.15, 0.2) is 0 Å². The van der Waals surface area contributed by atoms with E-state index in [9.17, 15) is 4.79 Å². The molecule has 4 heteroatoms. The van der Waals surface area contributed by atoms with Crippen LogP contribution in [0.1, 0.15) is 22.8 Å². The molecule has 0 saturated heterocycles. The average Bonchev–Trinajstić information content (AvgIpc) is 3.12. The van der Waals surface area contributed by atoms with Crippen LogP contribution < -0.4 is 4.90 Å². The number of benzene rings is 2. The molecule has 0 spiro atoms. The molecule has 0 N–H and O–H groups in total. The van der Waals surface area contributed by atoms with Crippen LogP contribution in [0.2, 0.25) is 0 Å². The molecule has 0 radical (unpaired) electrons. The molecule has 0 atom stereocenters.